The van der Waals surface area contributed by atoms with Gasteiger partial charge in [0.1, 0.15) is 0 Å². The van der Waals surface area contributed by atoms with Crippen molar-refractivity contribution in [3.63, 3.8) is 0 Å². The fourth-order valence-corrected chi connectivity index (χ4v) is 3.64. The van der Waals surface area contributed by atoms with Crippen molar-refractivity contribution in [3.05, 3.63) is 34.9 Å². The summed E-state index contributed by atoms with van der Waals surface area (Å²) in [6.07, 6.45) is 11.1. The van der Waals surface area contributed by atoms with Gasteiger partial charge in [0.2, 0.25) is 0 Å². The molecule has 0 bridgehead atoms. The van der Waals surface area contributed by atoms with Crippen LogP contribution in [0.2, 0.25) is 5.02 Å². The molecule has 0 fully saturated rings. The van der Waals surface area contributed by atoms with Crippen molar-refractivity contribution in [2.24, 2.45) is 0 Å². The molecule has 24 heavy (non-hydrogen) atoms. The number of hydrogen-bond acceptors (Lipinski definition) is 1. The number of aliphatic carboxylic acids is 1. The van der Waals surface area contributed by atoms with E-state index in [1.165, 1.54) is 44.1 Å². The molecule has 5 heteroatoms. The Hall–Kier alpha value is -0.000000000000000111. The molecule has 1 aromatic carbocycles. The van der Waals surface area contributed by atoms with E-state index in [1.54, 1.807) is 0 Å². The summed E-state index contributed by atoms with van der Waals surface area (Å²) in [5.41, 5.74) is 1.36. The average molecular weight is 485 g/mol. The number of alkyl halides is 2. The van der Waals surface area contributed by atoms with Crippen molar-refractivity contribution in [1.29, 1.82) is 0 Å². The van der Waals surface area contributed by atoms with Gasteiger partial charge in [-0.15, -0.1) is 11.6 Å². The van der Waals surface area contributed by atoms with E-state index in [1.807, 2.05) is 12.1 Å². The van der Waals surface area contributed by atoms with Gasteiger partial charge in [-0.25, -0.2) is 0 Å². The lowest BCUT2D eigenvalue weighted by molar-refractivity contribution is -0.139. The van der Waals surface area contributed by atoms with Gasteiger partial charge in [0.15, 0.2) is 4.87 Å². The average Bonchev–Trinajstić information content (AvgIpc) is 2.57. The molecule has 0 aromatic heterocycles. The van der Waals surface area contributed by atoms with E-state index in [2.05, 4.69) is 34.7 Å². The van der Waals surface area contributed by atoms with Gasteiger partial charge in [-0.3, -0.25) is 4.79 Å². The van der Waals surface area contributed by atoms with Crippen LogP contribution in [0.15, 0.2) is 24.3 Å². The molecule has 0 saturated carbocycles. The highest BCUT2D eigenvalue weighted by molar-refractivity contribution is 14.1. The van der Waals surface area contributed by atoms with Gasteiger partial charge >= 0.3 is 5.97 Å². The molecular formula is C19H27Cl2IO2. The minimum Gasteiger partial charge on any atom is -0.480 e. The highest BCUT2D eigenvalue weighted by atomic mass is 127. The molecule has 0 aliphatic rings. The van der Waals surface area contributed by atoms with Gasteiger partial charge in [-0.05, 0) is 37.0 Å². The summed E-state index contributed by atoms with van der Waals surface area (Å²) in [5, 5.41) is 9.91. The zero-order valence-corrected chi connectivity index (χ0v) is 17.7. The fourth-order valence-electron chi connectivity index (χ4n) is 2.68. The predicted octanol–water partition coefficient (Wildman–Crippen LogP) is 6.89. The van der Waals surface area contributed by atoms with E-state index < -0.39 is 10.8 Å². The second-order valence-corrected chi connectivity index (χ2v) is 8.28. The lowest BCUT2D eigenvalue weighted by Crippen LogP contribution is -2.34. The number of carboxylic acids is 1. The number of carbonyl (C=O) groups is 1. The van der Waals surface area contributed by atoms with Crippen molar-refractivity contribution in [2.75, 3.05) is 4.43 Å². The fraction of sp³-hybridized carbons (Fsp3) is 0.632. The Labute approximate surface area is 169 Å². The topological polar surface area (TPSA) is 37.3 Å². The summed E-state index contributed by atoms with van der Waals surface area (Å²) in [4.78, 5) is 10.0. The Morgan fingerprint density at radius 2 is 1.46 bits per heavy atom. The summed E-state index contributed by atoms with van der Waals surface area (Å²) < 4.78 is 0.454. The molecule has 0 aliphatic carbocycles. The maximum atomic E-state index is 11.1. The van der Waals surface area contributed by atoms with E-state index in [0.717, 1.165) is 24.3 Å². The Bertz CT molecular complexity index is 479. The molecule has 0 aliphatic heterocycles. The molecule has 136 valence electrons. The maximum Gasteiger partial charge on any atom is 0.325 e. The second-order valence-electron chi connectivity index (χ2n) is 6.36. The molecule has 0 radical (unpaired) electrons. The van der Waals surface area contributed by atoms with E-state index in [9.17, 15) is 4.79 Å². The molecule has 0 spiro atoms. The Balaban J connectivity index is 1.95. The minimum atomic E-state index is -1.07. The maximum absolute atomic E-state index is 11.1. The third-order valence-electron chi connectivity index (χ3n) is 4.30. The zero-order chi connectivity index (χ0) is 17.8. The normalized spacial score (nSPS) is 13.6. The molecule has 1 N–H and O–H groups in total. The summed E-state index contributed by atoms with van der Waals surface area (Å²) in [6.45, 7) is 0. The number of unbranched alkanes of at least 4 members (excludes halogenated alkanes) is 7. The Morgan fingerprint density at radius 1 is 0.958 bits per heavy atom. The molecular weight excluding hydrogens is 458 g/mol. The van der Waals surface area contributed by atoms with Gasteiger partial charge in [0.05, 0.1) is 0 Å². The van der Waals surface area contributed by atoms with E-state index in [-0.39, 0.29) is 0 Å². The Morgan fingerprint density at radius 3 is 1.96 bits per heavy atom. The first-order valence-electron chi connectivity index (χ1n) is 8.70. The van der Waals surface area contributed by atoms with E-state index in [4.69, 9.17) is 28.3 Å². The molecule has 0 amide bonds. The van der Waals surface area contributed by atoms with Crippen LogP contribution in [-0.2, 0) is 11.2 Å². The molecule has 1 unspecified atom stereocenters. The number of hydrogen-bond donors (Lipinski definition) is 1. The number of aryl methyl sites for hydroxylation is 1. The predicted molar refractivity (Wildman–Crippen MR) is 112 cm³/mol. The van der Waals surface area contributed by atoms with Gasteiger partial charge in [-0.1, -0.05) is 91.3 Å². The van der Waals surface area contributed by atoms with Crippen LogP contribution < -0.4 is 0 Å². The van der Waals surface area contributed by atoms with Crippen LogP contribution in [0.3, 0.4) is 0 Å². The zero-order valence-electron chi connectivity index (χ0n) is 14.1. The molecule has 0 saturated heterocycles. The van der Waals surface area contributed by atoms with Crippen LogP contribution in [0.4, 0.5) is 0 Å². The Kier molecular flexibility index (Phi) is 11.4. The summed E-state index contributed by atoms with van der Waals surface area (Å²) in [6, 6.07) is 8.11. The third-order valence-corrected chi connectivity index (χ3v) is 6.79. The SMILES string of the molecule is O=C(O)C(Cl)(CI)CCCCCCCCCCc1ccc(Cl)cc1. The molecule has 2 nitrogen and oxygen atoms in total. The van der Waals surface area contributed by atoms with Crippen LogP contribution in [0.5, 0.6) is 0 Å². The summed E-state index contributed by atoms with van der Waals surface area (Å²) in [7, 11) is 0. The first-order chi connectivity index (χ1) is 11.5. The first-order valence-corrected chi connectivity index (χ1v) is 11.0. The first kappa shape index (κ1) is 22.0. The van der Waals surface area contributed by atoms with Gasteiger partial charge in [0.25, 0.3) is 0 Å². The smallest absolute Gasteiger partial charge is 0.325 e. The molecule has 1 aromatic rings. The largest absolute Gasteiger partial charge is 0.480 e. The lowest BCUT2D eigenvalue weighted by Gasteiger charge is -2.18. The molecule has 0 heterocycles. The summed E-state index contributed by atoms with van der Waals surface area (Å²) >= 11 is 14.0. The monoisotopic (exact) mass is 484 g/mol. The van der Waals surface area contributed by atoms with Crippen molar-refractivity contribution < 1.29 is 9.90 Å². The molecule has 1 rings (SSSR count). The minimum absolute atomic E-state index is 0.454. The highest BCUT2D eigenvalue weighted by Gasteiger charge is 2.34. The summed E-state index contributed by atoms with van der Waals surface area (Å²) in [5.74, 6) is -0.890. The quantitative estimate of drug-likeness (QED) is 0.188. The molecule has 1 atom stereocenters. The van der Waals surface area contributed by atoms with E-state index in [0.29, 0.717) is 10.8 Å². The number of carboxylic acid groups (broad SMARTS) is 1. The van der Waals surface area contributed by atoms with Crippen LogP contribution in [-0.4, -0.2) is 20.4 Å². The number of benzene rings is 1. The van der Waals surface area contributed by atoms with Crippen LogP contribution in [0, 0.1) is 0 Å². The van der Waals surface area contributed by atoms with Crippen molar-refractivity contribution >= 4 is 51.8 Å². The van der Waals surface area contributed by atoms with Gasteiger partial charge in [0, 0.05) is 9.45 Å². The number of halogens is 3. The van der Waals surface area contributed by atoms with Crippen LogP contribution >= 0.6 is 45.8 Å². The standard InChI is InChI=1S/C19H27Cl2IO2/c20-17-12-10-16(11-13-17)9-7-5-3-1-2-4-6-8-14-19(21,15-22)18(23)24/h10-13H,1-9,14-15H2,(H,23,24). The number of rotatable bonds is 13. The second kappa shape index (κ2) is 12.4. The third kappa shape index (κ3) is 8.91. The van der Waals surface area contributed by atoms with Crippen molar-refractivity contribution in [2.45, 2.75) is 69.1 Å². The van der Waals surface area contributed by atoms with Crippen LogP contribution in [0.1, 0.15) is 63.4 Å². The van der Waals surface area contributed by atoms with Crippen LogP contribution in [0.25, 0.3) is 0 Å². The van der Waals surface area contributed by atoms with Crippen molar-refractivity contribution in [1.82, 2.24) is 0 Å². The van der Waals surface area contributed by atoms with Gasteiger partial charge in [-0.2, -0.15) is 0 Å². The van der Waals surface area contributed by atoms with Crippen molar-refractivity contribution in [3.8, 4) is 0 Å². The lowest BCUT2D eigenvalue weighted by atomic mass is 10.0. The van der Waals surface area contributed by atoms with Gasteiger partial charge < -0.3 is 5.11 Å². The highest BCUT2D eigenvalue weighted by Crippen LogP contribution is 2.26. The van der Waals surface area contributed by atoms with E-state index >= 15 is 0 Å².